The molecule has 20 heavy (non-hydrogen) atoms. The smallest absolute Gasteiger partial charge is 0.123 e. The summed E-state index contributed by atoms with van der Waals surface area (Å²) < 4.78 is 12.9. The van der Waals surface area contributed by atoms with E-state index in [2.05, 4.69) is 5.32 Å². The van der Waals surface area contributed by atoms with E-state index in [1.54, 1.807) is 24.3 Å². The summed E-state index contributed by atoms with van der Waals surface area (Å²) in [5.74, 6) is -0.253. The minimum atomic E-state index is -0.253. The molecule has 0 saturated heterocycles. The molecule has 0 aliphatic rings. The van der Waals surface area contributed by atoms with Gasteiger partial charge >= 0.3 is 0 Å². The lowest BCUT2D eigenvalue weighted by Gasteiger charge is -2.18. The molecule has 0 bridgehead atoms. The van der Waals surface area contributed by atoms with Gasteiger partial charge in [-0.1, -0.05) is 36.0 Å². The summed E-state index contributed by atoms with van der Waals surface area (Å²) in [4.78, 5) is 0.279. The monoisotopic (exact) mass is 308 g/mol. The average molecular weight is 309 g/mol. The number of nitrogens with one attached hydrogen (secondary N) is 1. The largest absolute Gasteiger partial charge is 0.389 e. The molecular weight excluding hydrogens is 295 g/mol. The summed E-state index contributed by atoms with van der Waals surface area (Å²) in [5, 5.41) is 3.88. The number of anilines is 1. The molecule has 0 saturated carbocycles. The highest BCUT2D eigenvalue weighted by Gasteiger charge is 2.10. The van der Waals surface area contributed by atoms with Crippen molar-refractivity contribution in [2.75, 3.05) is 5.32 Å². The second-order valence-electron chi connectivity index (χ2n) is 4.47. The molecule has 3 N–H and O–H groups in total. The first-order chi connectivity index (χ1) is 9.47. The molecule has 0 heterocycles. The predicted molar refractivity (Wildman–Crippen MR) is 85.8 cm³/mol. The van der Waals surface area contributed by atoms with Gasteiger partial charge in [0, 0.05) is 22.3 Å². The molecule has 0 aliphatic heterocycles. The second kappa shape index (κ2) is 6.20. The number of benzene rings is 2. The summed E-state index contributed by atoms with van der Waals surface area (Å²) in [7, 11) is 0. The normalized spacial score (nSPS) is 11.9. The number of hydrogen-bond donors (Lipinski definition) is 2. The average Bonchev–Trinajstić information content (AvgIpc) is 2.41. The lowest BCUT2D eigenvalue weighted by Crippen LogP contribution is -2.15. The van der Waals surface area contributed by atoms with Gasteiger partial charge in [-0.05, 0) is 42.8 Å². The molecule has 5 heteroatoms. The third kappa shape index (κ3) is 3.46. The summed E-state index contributed by atoms with van der Waals surface area (Å²) in [5.41, 5.74) is 8.17. The second-order valence-corrected chi connectivity index (χ2v) is 5.35. The Labute approximate surface area is 127 Å². The standard InChI is InChI=1S/C15H14ClFN2S/c1-9(10-2-5-12(17)6-3-10)19-14-7-4-11(16)8-13(14)15(18)20/h2-9,19H,1H3,(H2,18,20). The number of thiocarbonyl (C=S) groups is 1. The van der Waals surface area contributed by atoms with E-state index in [-0.39, 0.29) is 16.8 Å². The molecule has 0 aliphatic carbocycles. The van der Waals surface area contributed by atoms with Crippen molar-refractivity contribution in [3.63, 3.8) is 0 Å². The molecule has 2 rings (SSSR count). The van der Waals surface area contributed by atoms with Crippen LogP contribution in [-0.2, 0) is 0 Å². The Morgan fingerprint density at radius 3 is 2.50 bits per heavy atom. The zero-order chi connectivity index (χ0) is 14.7. The van der Waals surface area contributed by atoms with Crippen molar-refractivity contribution >= 4 is 34.5 Å². The van der Waals surface area contributed by atoms with Crippen molar-refractivity contribution in [1.29, 1.82) is 0 Å². The lowest BCUT2D eigenvalue weighted by atomic mass is 10.1. The van der Waals surface area contributed by atoms with Crippen LogP contribution in [0.2, 0.25) is 5.02 Å². The van der Waals surface area contributed by atoms with Crippen LogP contribution in [0, 0.1) is 5.82 Å². The van der Waals surface area contributed by atoms with Crippen LogP contribution in [0.4, 0.5) is 10.1 Å². The van der Waals surface area contributed by atoms with E-state index in [0.29, 0.717) is 10.6 Å². The molecule has 0 radical (unpaired) electrons. The van der Waals surface area contributed by atoms with E-state index in [1.165, 1.54) is 12.1 Å². The van der Waals surface area contributed by atoms with Crippen LogP contribution in [0.15, 0.2) is 42.5 Å². The fourth-order valence-electron chi connectivity index (χ4n) is 1.91. The van der Waals surface area contributed by atoms with Gasteiger partial charge in [0.25, 0.3) is 0 Å². The van der Waals surface area contributed by atoms with Crippen molar-refractivity contribution < 1.29 is 4.39 Å². The van der Waals surface area contributed by atoms with Crippen LogP contribution in [0.25, 0.3) is 0 Å². The van der Waals surface area contributed by atoms with Gasteiger partial charge < -0.3 is 11.1 Å². The van der Waals surface area contributed by atoms with Crippen molar-refractivity contribution in [3.8, 4) is 0 Å². The third-order valence-electron chi connectivity index (χ3n) is 2.99. The van der Waals surface area contributed by atoms with Crippen molar-refractivity contribution in [2.24, 2.45) is 5.73 Å². The summed E-state index contributed by atoms with van der Waals surface area (Å²) in [6.07, 6.45) is 0. The number of rotatable bonds is 4. The van der Waals surface area contributed by atoms with Gasteiger partial charge in [0.15, 0.2) is 0 Å². The molecule has 0 spiro atoms. The van der Waals surface area contributed by atoms with Crippen LogP contribution in [0.1, 0.15) is 24.1 Å². The molecule has 1 unspecified atom stereocenters. The molecule has 2 aromatic carbocycles. The van der Waals surface area contributed by atoms with Crippen LogP contribution in [-0.4, -0.2) is 4.99 Å². The van der Waals surface area contributed by atoms with Crippen LogP contribution in [0.3, 0.4) is 0 Å². The zero-order valence-electron chi connectivity index (χ0n) is 10.9. The maximum absolute atomic E-state index is 12.9. The molecule has 104 valence electrons. The van der Waals surface area contributed by atoms with Gasteiger partial charge in [-0.3, -0.25) is 0 Å². The molecule has 0 aromatic heterocycles. The quantitative estimate of drug-likeness (QED) is 0.828. The van der Waals surface area contributed by atoms with Crippen LogP contribution < -0.4 is 11.1 Å². The number of halogens is 2. The van der Waals surface area contributed by atoms with E-state index < -0.39 is 0 Å². The van der Waals surface area contributed by atoms with Gasteiger partial charge in [0.05, 0.1) is 0 Å². The summed E-state index contributed by atoms with van der Waals surface area (Å²) in [6, 6.07) is 11.7. The zero-order valence-corrected chi connectivity index (χ0v) is 12.4. The first-order valence-electron chi connectivity index (χ1n) is 6.08. The molecule has 0 fully saturated rings. The van der Waals surface area contributed by atoms with E-state index >= 15 is 0 Å². The molecular formula is C15H14ClFN2S. The molecule has 2 aromatic rings. The molecule has 2 nitrogen and oxygen atoms in total. The minimum Gasteiger partial charge on any atom is -0.389 e. The van der Waals surface area contributed by atoms with Gasteiger partial charge in [0.2, 0.25) is 0 Å². The predicted octanol–water partition coefficient (Wildman–Crippen LogP) is 4.29. The Bertz CT molecular complexity index is 628. The topological polar surface area (TPSA) is 38.0 Å². The van der Waals surface area contributed by atoms with E-state index in [4.69, 9.17) is 29.6 Å². The summed E-state index contributed by atoms with van der Waals surface area (Å²) >= 11 is 11.0. The maximum Gasteiger partial charge on any atom is 0.123 e. The highest BCUT2D eigenvalue weighted by atomic mass is 35.5. The lowest BCUT2D eigenvalue weighted by molar-refractivity contribution is 0.626. The molecule has 1 atom stereocenters. The highest BCUT2D eigenvalue weighted by molar-refractivity contribution is 7.80. The SMILES string of the molecule is CC(Nc1ccc(Cl)cc1C(N)=S)c1ccc(F)cc1. The van der Waals surface area contributed by atoms with Gasteiger partial charge in [-0.15, -0.1) is 0 Å². The minimum absolute atomic E-state index is 0.00937. The van der Waals surface area contributed by atoms with Crippen molar-refractivity contribution in [3.05, 3.63) is 64.4 Å². The first-order valence-corrected chi connectivity index (χ1v) is 6.87. The first kappa shape index (κ1) is 14.8. The number of nitrogens with two attached hydrogens (primary N) is 1. The van der Waals surface area contributed by atoms with E-state index in [9.17, 15) is 4.39 Å². The fraction of sp³-hybridized carbons (Fsp3) is 0.133. The maximum atomic E-state index is 12.9. The van der Waals surface area contributed by atoms with Gasteiger partial charge in [0.1, 0.15) is 10.8 Å². The summed E-state index contributed by atoms with van der Waals surface area (Å²) in [6.45, 7) is 1.98. The van der Waals surface area contributed by atoms with Gasteiger partial charge in [-0.2, -0.15) is 0 Å². The van der Waals surface area contributed by atoms with Gasteiger partial charge in [-0.25, -0.2) is 4.39 Å². The van der Waals surface area contributed by atoms with Crippen molar-refractivity contribution in [2.45, 2.75) is 13.0 Å². The molecule has 0 amide bonds. The van der Waals surface area contributed by atoms with Crippen LogP contribution >= 0.6 is 23.8 Å². The Morgan fingerprint density at radius 1 is 1.25 bits per heavy atom. The van der Waals surface area contributed by atoms with E-state index in [1.807, 2.05) is 13.0 Å². The van der Waals surface area contributed by atoms with Crippen molar-refractivity contribution in [1.82, 2.24) is 0 Å². The Balaban J connectivity index is 2.25. The fourth-order valence-corrected chi connectivity index (χ4v) is 2.26. The Hall–Kier alpha value is -1.65. The Morgan fingerprint density at radius 2 is 1.90 bits per heavy atom. The highest BCUT2D eigenvalue weighted by Crippen LogP contribution is 2.25. The van der Waals surface area contributed by atoms with E-state index in [0.717, 1.165) is 11.3 Å². The van der Waals surface area contributed by atoms with Crippen LogP contribution in [0.5, 0.6) is 0 Å². The third-order valence-corrected chi connectivity index (χ3v) is 3.44. The number of hydrogen-bond acceptors (Lipinski definition) is 2. The Kier molecular flexibility index (Phi) is 4.57.